The van der Waals surface area contributed by atoms with Crippen LogP contribution >= 0.6 is 23.2 Å². The van der Waals surface area contributed by atoms with Crippen LogP contribution in [0.25, 0.3) is 5.69 Å². The van der Waals surface area contributed by atoms with Gasteiger partial charge in [-0.05, 0) is 18.7 Å². The van der Waals surface area contributed by atoms with Crippen molar-refractivity contribution >= 4 is 23.2 Å². The molecule has 0 bridgehead atoms. The van der Waals surface area contributed by atoms with Crippen LogP contribution in [-0.4, -0.2) is 16.8 Å². The zero-order chi connectivity index (χ0) is 11.5. The van der Waals surface area contributed by atoms with Crippen molar-refractivity contribution in [2.75, 3.05) is 7.05 Å². The highest BCUT2D eigenvalue weighted by atomic mass is 35.5. The van der Waals surface area contributed by atoms with Gasteiger partial charge in [0.05, 0.1) is 21.9 Å². The quantitative estimate of drug-likeness (QED) is 0.915. The molecule has 5 heteroatoms. The number of aromatic nitrogens is 2. The van der Waals surface area contributed by atoms with E-state index in [1.807, 2.05) is 25.2 Å². The van der Waals surface area contributed by atoms with Crippen molar-refractivity contribution in [2.45, 2.75) is 6.54 Å². The van der Waals surface area contributed by atoms with E-state index in [0.29, 0.717) is 10.0 Å². The van der Waals surface area contributed by atoms with Crippen LogP contribution in [0.2, 0.25) is 10.0 Å². The summed E-state index contributed by atoms with van der Waals surface area (Å²) >= 11 is 12.0. The minimum Gasteiger partial charge on any atom is -0.316 e. The lowest BCUT2D eigenvalue weighted by Gasteiger charge is -2.10. The summed E-state index contributed by atoms with van der Waals surface area (Å²) in [5.74, 6) is 0. The van der Waals surface area contributed by atoms with E-state index in [4.69, 9.17) is 23.2 Å². The zero-order valence-electron chi connectivity index (χ0n) is 8.74. The number of benzene rings is 1. The van der Waals surface area contributed by atoms with Crippen LogP contribution in [0.4, 0.5) is 0 Å². The van der Waals surface area contributed by atoms with E-state index in [-0.39, 0.29) is 0 Å². The molecule has 0 saturated heterocycles. The number of halogens is 2. The molecule has 0 aliphatic rings. The van der Waals surface area contributed by atoms with Crippen LogP contribution in [0, 0.1) is 0 Å². The van der Waals surface area contributed by atoms with Gasteiger partial charge in [0, 0.05) is 12.7 Å². The van der Waals surface area contributed by atoms with Crippen molar-refractivity contribution in [2.24, 2.45) is 0 Å². The molecule has 0 radical (unpaired) electrons. The molecule has 0 amide bonds. The van der Waals surface area contributed by atoms with Crippen LogP contribution in [0.1, 0.15) is 5.56 Å². The summed E-state index contributed by atoms with van der Waals surface area (Å²) in [6.45, 7) is 0.730. The molecule has 0 unspecified atom stereocenters. The predicted octanol–water partition coefficient (Wildman–Crippen LogP) is 2.90. The average molecular weight is 256 g/mol. The second-order valence-corrected chi connectivity index (χ2v) is 4.22. The fourth-order valence-electron chi connectivity index (χ4n) is 1.57. The van der Waals surface area contributed by atoms with E-state index in [1.54, 1.807) is 17.1 Å². The van der Waals surface area contributed by atoms with Gasteiger partial charge < -0.3 is 5.32 Å². The number of nitrogens with zero attached hydrogens (tertiary/aromatic N) is 2. The molecule has 2 rings (SSSR count). The van der Waals surface area contributed by atoms with Gasteiger partial charge in [0.25, 0.3) is 0 Å². The molecule has 3 nitrogen and oxygen atoms in total. The minimum absolute atomic E-state index is 0.593. The largest absolute Gasteiger partial charge is 0.316 e. The number of rotatable bonds is 3. The Morgan fingerprint density at radius 3 is 2.81 bits per heavy atom. The molecule has 0 spiro atoms. The maximum atomic E-state index is 6.18. The van der Waals surface area contributed by atoms with Gasteiger partial charge in [-0.15, -0.1) is 0 Å². The van der Waals surface area contributed by atoms with E-state index >= 15 is 0 Å². The summed E-state index contributed by atoms with van der Waals surface area (Å²) < 4.78 is 1.69. The molecule has 1 N–H and O–H groups in total. The topological polar surface area (TPSA) is 29.9 Å². The maximum absolute atomic E-state index is 6.18. The molecule has 0 fully saturated rings. The summed E-state index contributed by atoms with van der Waals surface area (Å²) in [6, 6.07) is 5.77. The van der Waals surface area contributed by atoms with Crippen LogP contribution in [-0.2, 0) is 6.54 Å². The fourth-order valence-corrected chi connectivity index (χ4v) is 1.99. The molecule has 0 atom stereocenters. The van der Waals surface area contributed by atoms with Crippen molar-refractivity contribution < 1.29 is 0 Å². The number of hydrogen-bond donors (Lipinski definition) is 1. The normalized spacial score (nSPS) is 10.7. The third kappa shape index (κ3) is 2.21. The van der Waals surface area contributed by atoms with Gasteiger partial charge in [-0.1, -0.05) is 35.3 Å². The molecule has 1 aromatic carbocycles. The Labute approximate surface area is 104 Å². The third-order valence-corrected chi connectivity index (χ3v) is 2.72. The SMILES string of the molecule is CNCc1cccc(Cl)c1-n1cc(Cl)cn1. The standard InChI is InChI=1S/C11H11Cl2N3/c1-14-5-8-3-2-4-10(13)11(8)16-7-9(12)6-15-16/h2-4,6-7,14H,5H2,1H3. The van der Waals surface area contributed by atoms with Crippen LogP contribution in [0.5, 0.6) is 0 Å². The van der Waals surface area contributed by atoms with Crippen LogP contribution in [0.15, 0.2) is 30.6 Å². The van der Waals surface area contributed by atoms with E-state index < -0.39 is 0 Å². The lowest BCUT2D eigenvalue weighted by atomic mass is 10.2. The molecule has 1 heterocycles. The van der Waals surface area contributed by atoms with Gasteiger partial charge in [0.1, 0.15) is 0 Å². The first kappa shape index (κ1) is 11.5. The monoisotopic (exact) mass is 255 g/mol. The molecule has 84 valence electrons. The van der Waals surface area contributed by atoms with Crippen molar-refractivity contribution in [3.8, 4) is 5.69 Å². The van der Waals surface area contributed by atoms with Crippen molar-refractivity contribution in [1.29, 1.82) is 0 Å². The first-order chi connectivity index (χ1) is 7.72. The molecular weight excluding hydrogens is 245 g/mol. The van der Waals surface area contributed by atoms with Crippen molar-refractivity contribution in [3.05, 3.63) is 46.2 Å². The van der Waals surface area contributed by atoms with E-state index in [1.165, 1.54) is 0 Å². The summed E-state index contributed by atoms with van der Waals surface area (Å²) in [5.41, 5.74) is 1.94. The van der Waals surface area contributed by atoms with Gasteiger partial charge in [-0.25, -0.2) is 4.68 Å². The molecule has 0 aliphatic heterocycles. The molecule has 16 heavy (non-hydrogen) atoms. The Bertz CT molecular complexity index is 494. The average Bonchev–Trinajstić information content (AvgIpc) is 2.65. The smallest absolute Gasteiger partial charge is 0.0877 e. The second kappa shape index (κ2) is 4.87. The highest BCUT2D eigenvalue weighted by Gasteiger charge is 2.09. The first-order valence-electron chi connectivity index (χ1n) is 4.85. The van der Waals surface area contributed by atoms with Gasteiger partial charge in [-0.3, -0.25) is 0 Å². The van der Waals surface area contributed by atoms with Gasteiger partial charge in [-0.2, -0.15) is 5.10 Å². The molecule has 1 aromatic heterocycles. The lowest BCUT2D eigenvalue weighted by Crippen LogP contribution is -2.09. The van der Waals surface area contributed by atoms with Gasteiger partial charge in [0.2, 0.25) is 0 Å². The molecule has 0 saturated carbocycles. The van der Waals surface area contributed by atoms with Crippen molar-refractivity contribution in [3.63, 3.8) is 0 Å². The first-order valence-corrected chi connectivity index (χ1v) is 5.60. The molecule has 0 aliphatic carbocycles. The third-order valence-electron chi connectivity index (χ3n) is 2.22. The Morgan fingerprint density at radius 1 is 1.38 bits per heavy atom. The Balaban J connectivity index is 2.53. The summed E-state index contributed by atoms with van der Waals surface area (Å²) in [6.07, 6.45) is 3.33. The summed E-state index contributed by atoms with van der Waals surface area (Å²) in [4.78, 5) is 0. The molecular formula is C11H11Cl2N3. The highest BCUT2D eigenvalue weighted by Crippen LogP contribution is 2.24. The Morgan fingerprint density at radius 2 is 2.19 bits per heavy atom. The maximum Gasteiger partial charge on any atom is 0.0877 e. The predicted molar refractivity (Wildman–Crippen MR) is 66.3 cm³/mol. The molecule has 2 aromatic rings. The van der Waals surface area contributed by atoms with Gasteiger partial charge >= 0.3 is 0 Å². The minimum atomic E-state index is 0.593. The Kier molecular flexibility index (Phi) is 3.49. The number of hydrogen-bond acceptors (Lipinski definition) is 2. The van der Waals surface area contributed by atoms with Gasteiger partial charge in [0.15, 0.2) is 0 Å². The van der Waals surface area contributed by atoms with Crippen LogP contribution in [0.3, 0.4) is 0 Å². The Hall–Kier alpha value is -1.03. The van der Waals surface area contributed by atoms with E-state index in [9.17, 15) is 0 Å². The summed E-state index contributed by atoms with van der Waals surface area (Å²) in [5, 5.41) is 8.51. The van der Waals surface area contributed by atoms with Crippen molar-refractivity contribution in [1.82, 2.24) is 15.1 Å². The zero-order valence-corrected chi connectivity index (χ0v) is 10.3. The summed E-state index contributed by atoms with van der Waals surface area (Å²) in [7, 11) is 1.89. The highest BCUT2D eigenvalue weighted by molar-refractivity contribution is 6.32. The second-order valence-electron chi connectivity index (χ2n) is 3.38. The number of nitrogens with one attached hydrogen (secondary N) is 1. The number of para-hydroxylation sites is 1. The van der Waals surface area contributed by atoms with Crippen LogP contribution < -0.4 is 5.32 Å². The fraction of sp³-hybridized carbons (Fsp3) is 0.182. The van der Waals surface area contributed by atoms with E-state index in [2.05, 4.69) is 10.4 Å². The lowest BCUT2D eigenvalue weighted by molar-refractivity contribution is 0.789. The van der Waals surface area contributed by atoms with E-state index in [0.717, 1.165) is 17.8 Å².